The first kappa shape index (κ1) is 29.0. The Morgan fingerprint density at radius 3 is 2.27 bits per heavy atom. The molecule has 0 bridgehead atoms. The van der Waals surface area contributed by atoms with Gasteiger partial charge in [0.1, 0.15) is 11.6 Å². The van der Waals surface area contributed by atoms with Crippen LogP contribution in [-0.2, 0) is 26.8 Å². The normalized spacial score (nSPS) is 19.6. The van der Waals surface area contributed by atoms with Gasteiger partial charge >= 0.3 is 6.18 Å². The molecule has 0 amide bonds. The second kappa shape index (κ2) is 10.3. The minimum absolute atomic E-state index is 0.0494. The lowest BCUT2D eigenvalue weighted by molar-refractivity contribution is -0.258. The second-order valence-corrected chi connectivity index (χ2v) is 11.6. The average molecular weight is 548 g/mol. The van der Waals surface area contributed by atoms with E-state index in [-0.39, 0.29) is 54.0 Å². The zero-order valence-electron chi connectivity index (χ0n) is 20.3. The summed E-state index contributed by atoms with van der Waals surface area (Å²) < 4.78 is 81.9. The minimum Gasteiger partial charge on any atom is -0.393 e. The smallest absolute Gasteiger partial charge is 0.393 e. The van der Waals surface area contributed by atoms with Crippen molar-refractivity contribution in [2.45, 2.75) is 74.3 Å². The van der Waals surface area contributed by atoms with Gasteiger partial charge in [-0.2, -0.15) is 13.2 Å². The van der Waals surface area contributed by atoms with Crippen LogP contribution < -0.4 is 4.31 Å². The van der Waals surface area contributed by atoms with E-state index in [1.54, 1.807) is 0 Å². The van der Waals surface area contributed by atoms with Crippen molar-refractivity contribution in [2.75, 3.05) is 10.9 Å². The highest BCUT2D eigenvalue weighted by molar-refractivity contribution is 7.92. The molecule has 1 heterocycles. The van der Waals surface area contributed by atoms with E-state index in [9.17, 15) is 46.1 Å². The lowest BCUT2D eigenvalue weighted by atomic mass is 9.88. The van der Waals surface area contributed by atoms with E-state index in [0.717, 1.165) is 40.7 Å². The number of hydrogen-bond acceptors (Lipinski definition) is 6. The number of aryl methyl sites for hydroxylation is 1. The van der Waals surface area contributed by atoms with Gasteiger partial charge in [-0.25, -0.2) is 12.8 Å². The van der Waals surface area contributed by atoms with Crippen molar-refractivity contribution in [2.24, 2.45) is 0 Å². The van der Waals surface area contributed by atoms with Crippen molar-refractivity contribution >= 4 is 21.5 Å². The monoisotopic (exact) mass is 547 g/mol. The summed E-state index contributed by atoms with van der Waals surface area (Å²) in [7, 11) is -4.37. The number of anilines is 1. The molecule has 0 spiro atoms. The van der Waals surface area contributed by atoms with E-state index in [1.165, 1.54) is 13.0 Å². The first-order valence-electron chi connectivity index (χ1n) is 11.6. The summed E-state index contributed by atoms with van der Waals surface area (Å²) in [6, 6.07) is 6.38. The number of ketones is 1. The van der Waals surface area contributed by atoms with Crippen LogP contribution in [0.25, 0.3) is 0 Å². The van der Waals surface area contributed by atoms with Crippen molar-refractivity contribution in [3.05, 3.63) is 59.4 Å². The van der Waals surface area contributed by atoms with E-state index in [2.05, 4.69) is 0 Å². The van der Waals surface area contributed by atoms with E-state index in [1.807, 2.05) is 0 Å². The maximum Gasteiger partial charge on any atom is 0.421 e. The van der Waals surface area contributed by atoms with Crippen LogP contribution in [0.5, 0.6) is 0 Å². The first-order chi connectivity index (χ1) is 17.0. The molecule has 3 rings (SSSR count). The standard InChI is InChI=1S/C25H29F4NO6S/c1-23(33,15-31)12-11-20(32)14-19-7-3-16-13-17(24(2,34)25(27,28)29)4-10-22(16)30(19)37(35,36)21-8-5-18(26)6-9-21/h4-6,8-10,13,19,31,33-34H,3,7,11-12,14-15H2,1-2H3/t19-,23-,24?/m0/s1. The van der Waals surface area contributed by atoms with Crippen molar-refractivity contribution in [1.82, 2.24) is 0 Å². The molecule has 1 unspecified atom stereocenters. The van der Waals surface area contributed by atoms with Gasteiger partial charge in [0.15, 0.2) is 5.60 Å². The van der Waals surface area contributed by atoms with Crippen LogP contribution in [0.4, 0.5) is 23.2 Å². The highest BCUT2D eigenvalue weighted by Gasteiger charge is 2.51. The molecule has 2 aromatic rings. The Morgan fingerprint density at radius 2 is 1.70 bits per heavy atom. The Morgan fingerprint density at radius 1 is 1.08 bits per heavy atom. The molecule has 204 valence electrons. The summed E-state index contributed by atoms with van der Waals surface area (Å²) >= 11 is 0. The Bertz CT molecular complexity index is 1240. The summed E-state index contributed by atoms with van der Waals surface area (Å²) in [4.78, 5) is 12.4. The molecule has 0 radical (unpaired) electrons. The van der Waals surface area contributed by atoms with Gasteiger partial charge in [0.2, 0.25) is 0 Å². The van der Waals surface area contributed by atoms with Gasteiger partial charge in [0.25, 0.3) is 10.0 Å². The van der Waals surface area contributed by atoms with Crippen LogP contribution in [0.3, 0.4) is 0 Å². The molecule has 37 heavy (non-hydrogen) atoms. The highest BCUT2D eigenvalue weighted by atomic mass is 32.2. The Hall–Kier alpha value is -2.54. The molecule has 3 N–H and O–H groups in total. The fraction of sp³-hybridized carbons (Fsp3) is 0.480. The molecule has 0 saturated carbocycles. The van der Waals surface area contributed by atoms with Crippen LogP contribution in [0.2, 0.25) is 0 Å². The number of nitrogens with zero attached hydrogens (tertiary/aromatic N) is 1. The Kier molecular flexibility index (Phi) is 8.09. The number of benzene rings is 2. The average Bonchev–Trinajstić information content (AvgIpc) is 2.81. The molecule has 0 aromatic heterocycles. The fourth-order valence-electron chi connectivity index (χ4n) is 4.19. The van der Waals surface area contributed by atoms with Crippen LogP contribution in [0.1, 0.15) is 50.7 Å². The summed E-state index contributed by atoms with van der Waals surface area (Å²) in [5, 5.41) is 29.3. The van der Waals surface area contributed by atoms with Crippen LogP contribution in [-0.4, -0.2) is 53.9 Å². The molecule has 2 aromatic carbocycles. The number of aliphatic hydroxyl groups is 3. The number of sulfonamides is 1. The maximum atomic E-state index is 13.6. The predicted octanol–water partition coefficient (Wildman–Crippen LogP) is 3.59. The molecular weight excluding hydrogens is 518 g/mol. The highest BCUT2D eigenvalue weighted by Crippen LogP contribution is 2.43. The molecular formula is C25H29F4NO6S. The zero-order chi connectivity index (χ0) is 27.8. The summed E-state index contributed by atoms with van der Waals surface area (Å²) in [6.07, 6.45) is -5.17. The van der Waals surface area contributed by atoms with Gasteiger partial charge in [-0.1, -0.05) is 12.1 Å². The number of Topliss-reactive ketones (excluding diaryl/α,β-unsaturated/α-hetero) is 1. The largest absolute Gasteiger partial charge is 0.421 e. The summed E-state index contributed by atoms with van der Waals surface area (Å²) in [5.74, 6) is -1.04. The number of hydrogen-bond donors (Lipinski definition) is 3. The maximum absolute atomic E-state index is 13.6. The molecule has 1 aliphatic rings. The fourth-order valence-corrected chi connectivity index (χ4v) is 5.90. The molecule has 1 aliphatic heterocycles. The van der Waals surface area contributed by atoms with E-state index < -0.39 is 51.4 Å². The Labute approximate surface area is 212 Å². The van der Waals surface area contributed by atoms with E-state index >= 15 is 0 Å². The first-order valence-corrected chi connectivity index (χ1v) is 13.0. The second-order valence-electron chi connectivity index (χ2n) is 9.76. The van der Waals surface area contributed by atoms with Gasteiger partial charge in [-0.05, 0) is 74.6 Å². The molecule has 0 aliphatic carbocycles. The molecule has 0 saturated heterocycles. The van der Waals surface area contributed by atoms with Crippen molar-refractivity contribution in [3.8, 4) is 0 Å². The van der Waals surface area contributed by atoms with Crippen molar-refractivity contribution < 1.29 is 46.1 Å². The van der Waals surface area contributed by atoms with Crippen LogP contribution >= 0.6 is 0 Å². The third kappa shape index (κ3) is 6.14. The van der Waals surface area contributed by atoms with E-state index in [4.69, 9.17) is 0 Å². The lowest BCUT2D eigenvalue weighted by Crippen LogP contribution is -2.45. The number of alkyl halides is 3. The number of carbonyl (C=O) groups is 1. The topological polar surface area (TPSA) is 115 Å². The third-order valence-corrected chi connectivity index (χ3v) is 8.51. The predicted molar refractivity (Wildman–Crippen MR) is 127 cm³/mol. The van der Waals surface area contributed by atoms with Gasteiger partial charge in [0, 0.05) is 12.8 Å². The molecule has 7 nitrogen and oxygen atoms in total. The van der Waals surface area contributed by atoms with Gasteiger partial charge < -0.3 is 15.3 Å². The number of rotatable bonds is 9. The number of carbonyl (C=O) groups excluding carboxylic acids is 1. The minimum atomic E-state index is -4.97. The Balaban J connectivity index is 2.03. The number of halogens is 4. The quantitative estimate of drug-likeness (QED) is 0.414. The van der Waals surface area contributed by atoms with Crippen LogP contribution in [0.15, 0.2) is 47.4 Å². The molecule has 3 atom stereocenters. The van der Waals surface area contributed by atoms with Crippen LogP contribution in [0, 0.1) is 5.82 Å². The molecule has 0 fully saturated rings. The summed E-state index contributed by atoms with van der Waals surface area (Å²) in [6.45, 7) is 1.40. The van der Waals surface area contributed by atoms with Gasteiger partial charge in [0.05, 0.1) is 28.8 Å². The number of aliphatic hydroxyl groups excluding tert-OH is 1. The zero-order valence-corrected chi connectivity index (χ0v) is 21.1. The molecule has 12 heteroatoms. The van der Waals surface area contributed by atoms with Crippen molar-refractivity contribution in [1.29, 1.82) is 0 Å². The van der Waals surface area contributed by atoms with Gasteiger partial charge in [-0.3, -0.25) is 9.10 Å². The lowest BCUT2D eigenvalue weighted by Gasteiger charge is -2.38. The third-order valence-electron chi connectivity index (χ3n) is 6.63. The van der Waals surface area contributed by atoms with Gasteiger partial charge in [-0.15, -0.1) is 0 Å². The van der Waals surface area contributed by atoms with Crippen molar-refractivity contribution in [3.63, 3.8) is 0 Å². The number of fused-ring (bicyclic) bond motifs is 1. The SMILES string of the molecule is CC(O)(c1ccc2c(c1)CC[C@@H](CC(=O)CC[C@](C)(O)CO)N2S(=O)(=O)c1ccc(F)cc1)C(F)(F)F. The summed E-state index contributed by atoms with van der Waals surface area (Å²) in [5.41, 5.74) is -4.82. The van der Waals surface area contributed by atoms with E-state index in [0.29, 0.717) is 6.92 Å².